The molecule has 18 heavy (non-hydrogen) atoms. The summed E-state index contributed by atoms with van der Waals surface area (Å²) in [5.41, 5.74) is -0.524. The minimum absolute atomic E-state index is 0.461. The Morgan fingerprint density at radius 2 is 2.22 bits per heavy atom. The van der Waals surface area contributed by atoms with Gasteiger partial charge in [0.05, 0.1) is 5.41 Å². The number of nitrogens with zero attached hydrogens (tertiary/aromatic N) is 1. The number of likely N-dealkylation sites (tertiary alicyclic amines) is 1. The molecule has 4 heteroatoms. The van der Waals surface area contributed by atoms with E-state index in [1.807, 2.05) is 6.92 Å². The first kappa shape index (κ1) is 13.6. The predicted molar refractivity (Wildman–Crippen MR) is 73.9 cm³/mol. The summed E-state index contributed by atoms with van der Waals surface area (Å²) >= 11 is 1.80. The van der Waals surface area contributed by atoms with Gasteiger partial charge in [-0.25, -0.2) is 0 Å². The van der Waals surface area contributed by atoms with Gasteiger partial charge in [-0.2, -0.15) is 0 Å². The number of rotatable bonds is 4. The van der Waals surface area contributed by atoms with E-state index in [1.54, 1.807) is 11.3 Å². The molecule has 2 rings (SSSR count). The molecule has 1 unspecified atom stereocenters. The van der Waals surface area contributed by atoms with Gasteiger partial charge in [0.25, 0.3) is 0 Å². The molecule has 100 valence electrons. The number of carbonyl (C=O) groups is 1. The fourth-order valence-electron chi connectivity index (χ4n) is 2.66. The molecule has 2 heterocycles. The SMILES string of the molecule is CCC(c1cccs1)N1CCC(C)(C(=O)O)CC1. The maximum absolute atomic E-state index is 11.2. The lowest BCUT2D eigenvalue weighted by Gasteiger charge is -2.40. The highest BCUT2D eigenvalue weighted by molar-refractivity contribution is 7.10. The molecule has 1 atom stereocenters. The first-order chi connectivity index (χ1) is 8.57. The summed E-state index contributed by atoms with van der Waals surface area (Å²) in [6, 6.07) is 4.74. The number of carboxylic acid groups (broad SMARTS) is 1. The zero-order valence-electron chi connectivity index (χ0n) is 11.1. The van der Waals surface area contributed by atoms with Crippen LogP contribution in [0.2, 0.25) is 0 Å². The first-order valence-corrected chi connectivity index (χ1v) is 7.45. The minimum atomic E-state index is -0.647. The van der Waals surface area contributed by atoms with Gasteiger partial charge in [0, 0.05) is 10.9 Å². The van der Waals surface area contributed by atoms with E-state index in [9.17, 15) is 9.90 Å². The highest BCUT2D eigenvalue weighted by Crippen LogP contribution is 2.36. The van der Waals surface area contributed by atoms with Crippen LogP contribution in [0, 0.1) is 5.41 Å². The molecule has 3 nitrogen and oxygen atoms in total. The third-order valence-electron chi connectivity index (χ3n) is 4.12. The van der Waals surface area contributed by atoms with Crippen molar-refractivity contribution in [2.45, 2.75) is 39.2 Å². The summed E-state index contributed by atoms with van der Waals surface area (Å²) in [5.74, 6) is -0.647. The number of aliphatic carboxylic acids is 1. The van der Waals surface area contributed by atoms with Gasteiger partial charge in [0.1, 0.15) is 0 Å². The van der Waals surface area contributed by atoms with Crippen LogP contribution in [0.1, 0.15) is 44.0 Å². The van der Waals surface area contributed by atoms with Crippen LogP contribution in [0.3, 0.4) is 0 Å². The number of carboxylic acids is 1. The Hall–Kier alpha value is -0.870. The van der Waals surface area contributed by atoms with E-state index in [4.69, 9.17) is 0 Å². The molecular weight excluding hydrogens is 246 g/mol. The summed E-state index contributed by atoms with van der Waals surface area (Å²) in [4.78, 5) is 15.1. The molecule has 1 fully saturated rings. The summed E-state index contributed by atoms with van der Waals surface area (Å²) in [6.07, 6.45) is 2.60. The van der Waals surface area contributed by atoms with Gasteiger partial charge in [0.2, 0.25) is 0 Å². The molecule has 1 saturated heterocycles. The molecular formula is C14H21NO2S. The van der Waals surface area contributed by atoms with Crippen molar-refractivity contribution in [1.29, 1.82) is 0 Å². The molecule has 0 amide bonds. The third-order valence-corrected chi connectivity index (χ3v) is 5.09. The summed E-state index contributed by atoms with van der Waals surface area (Å²) in [5, 5.41) is 11.4. The second kappa shape index (κ2) is 5.41. The van der Waals surface area contributed by atoms with Crippen molar-refractivity contribution in [3.63, 3.8) is 0 Å². The lowest BCUT2D eigenvalue weighted by molar-refractivity contribution is -0.151. The van der Waals surface area contributed by atoms with Crippen LogP contribution in [-0.4, -0.2) is 29.1 Å². The lowest BCUT2D eigenvalue weighted by Crippen LogP contribution is -2.43. The van der Waals surface area contributed by atoms with E-state index in [-0.39, 0.29) is 0 Å². The van der Waals surface area contributed by atoms with Crippen LogP contribution in [0.25, 0.3) is 0 Å². The molecule has 1 N–H and O–H groups in total. The highest BCUT2D eigenvalue weighted by Gasteiger charge is 2.38. The molecule has 0 spiro atoms. The van der Waals surface area contributed by atoms with E-state index in [0.717, 1.165) is 32.4 Å². The first-order valence-electron chi connectivity index (χ1n) is 6.57. The van der Waals surface area contributed by atoms with E-state index >= 15 is 0 Å². The highest BCUT2D eigenvalue weighted by atomic mass is 32.1. The predicted octanol–water partition coefficient (Wildman–Crippen LogP) is 3.39. The van der Waals surface area contributed by atoms with E-state index in [0.29, 0.717) is 6.04 Å². The molecule has 0 bridgehead atoms. The second-order valence-electron chi connectivity index (χ2n) is 5.34. The third kappa shape index (κ3) is 2.59. The zero-order chi connectivity index (χ0) is 13.2. The summed E-state index contributed by atoms with van der Waals surface area (Å²) < 4.78 is 0. The Kier molecular flexibility index (Phi) is 4.07. The van der Waals surface area contributed by atoms with Crippen molar-refractivity contribution in [2.75, 3.05) is 13.1 Å². The van der Waals surface area contributed by atoms with Gasteiger partial charge in [0.15, 0.2) is 0 Å². The van der Waals surface area contributed by atoms with E-state index in [1.165, 1.54) is 4.88 Å². The van der Waals surface area contributed by atoms with Crippen LogP contribution in [-0.2, 0) is 4.79 Å². The number of hydrogen-bond donors (Lipinski definition) is 1. The largest absolute Gasteiger partial charge is 0.481 e. The minimum Gasteiger partial charge on any atom is -0.481 e. The maximum Gasteiger partial charge on any atom is 0.309 e. The fraction of sp³-hybridized carbons (Fsp3) is 0.643. The quantitative estimate of drug-likeness (QED) is 0.909. The monoisotopic (exact) mass is 267 g/mol. The molecule has 0 saturated carbocycles. The van der Waals surface area contributed by atoms with Crippen LogP contribution in [0.4, 0.5) is 0 Å². The van der Waals surface area contributed by atoms with E-state index in [2.05, 4.69) is 29.3 Å². The Labute approximate surface area is 112 Å². The van der Waals surface area contributed by atoms with Crippen molar-refractivity contribution in [3.05, 3.63) is 22.4 Å². The molecule has 1 aliphatic rings. The number of hydrogen-bond acceptors (Lipinski definition) is 3. The summed E-state index contributed by atoms with van der Waals surface area (Å²) in [7, 11) is 0. The smallest absolute Gasteiger partial charge is 0.309 e. The van der Waals surface area contributed by atoms with Crippen LogP contribution in [0.5, 0.6) is 0 Å². The van der Waals surface area contributed by atoms with Crippen molar-refractivity contribution in [1.82, 2.24) is 4.90 Å². The van der Waals surface area contributed by atoms with Gasteiger partial charge in [-0.1, -0.05) is 13.0 Å². The molecule has 0 aliphatic carbocycles. The average Bonchev–Trinajstić information content (AvgIpc) is 2.86. The van der Waals surface area contributed by atoms with E-state index < -0.39 is 11.4 Å². The lowest BCUT2D eigenvalue weighted by atomic mass is 9.80. The standard InChI is InChI=1S/C14H21NO2S/c1-3-11(12-5-4-10-18-12)15-8-6-14(2,7-9-15)13(16)17/h4-5,10-11H,3,6-9H2,1-2H3,(H,16,17). The van der Waals surface area contributed by atoms with Gasteiger partial charge in [-0.15, -0.1) is 11.3 Å². The fourth-order valence-corrected chi connectivity index (χ4v) is 3.61. The normalized spacial score (nSPS) is 21.7. The Morgan fingerprint density at radius 1 is 1.56 bits per heavy atom. The molecule has 0 radical (unpaired) electrons. The number of piperidine rings is 1. The zero-order valence-corrected chi connectivity index (χ0v) is 11.9. The van der Waals surface area contributed by atoms with Gasteiger partial charge < -0.3 is 5.11 Å². The Bertz CT molecular complexity index is 394. The van der Waals surface area contributed by atoms with Gasteiger partial charge in [-0.3, -0.25) is 9.69 Å². The maximum atomic E-state index is 11.2. The average molecular weight is 267 g/mol. The van der Waals surface area contributed by atoms with Crippen LogP contribution in [0.15, 0.2) is 17.5 Å². The summed E-state index contributed by atoms with van der Waals surface area (Å²) in [6.45, 7) is 5.85. The molecule has 1 aromatic heterocycles. The van der Waals surface area contributed by atoms with Gasteiger partial charge >= 0.3 is 5.97 Å². The van der Waals surface area contributed by atoms with Crippen LogP contribution < -0.4 is 0 Å². The van der Waals surface area contributed by atoms with Crippen molar-refractivity contribution in [2.24, 2.45) is 5.41 Å². The van der Waals surface area contributed by atoms with Crippen LogP contribution >= 0.6 is 11.3 Å². The topological polar surface area (TPSA) is 40.5 Å². The Balaban J connectivity index is 2.02. The molecule has 0 aromatic carbocycles. The Morgan fingerprint density at radius 3 is 2.67 bits per heavy atom. The van der Waals surface area contributed by atoms with Crippen molar-refractivity contribution >= 4 is 17.3 Å². The van der Waals surface area contributed by atoms with Crippen molar-refractivity contribution in [3.8, 4) is 0 Å². The second-order valence-corrected chi connectivity index (χ2v) is 6.32. The molecule has 1 aromatic rings. The molecule has 1 aliphatic heterocycles. The van der Waals surface area contributed by atoms with Crippen molar-refractivity contribution < 1.29 is 9.90 Å². The van der Waals surface area contributed by atoms with Gasteiger partial charge in [-0.05, 0) is 50.7 Å². The number of thiophene rings is 1.